The molecule has 1 aliphatic heterocycles. The molecule has 2 heterocycles. The molecular weight excluding hydrogens is 258 g/mol. The number of aromatic nitrogens is 2. The Balaban J connectivity index is 1.84. The normalized spacial score (nSPS) is 16.8. The lowest BCUT2D eigenvalue weighted by molar-refractivity contribution is 0.619. The molecule has 3 heteroatoms. The second-order valence-electron chi connectivity index (χ2n) is 6.24. The molecule has 2 aromatic rings. The fourth-order valence-corrected chi connectivity index (χ4v) is 3.76. The molecule has 0 bridgehead atoms. The molecule has 1 N–H and O–H groups in total. The van der Waals surface area contributed by atoms with Gasteiger partial charge in [0.15, 0.2) is 0 Å². The monoisotopic (exact) mass is 281 g/mol. The van der Waals surface area contributed by atoms with Gasteiger partial charge in [0.2, 0.25) is 0 Å². The van der Waals surface area contributed by atoms with E-state index >= 15 is 0 Å². The smallest absolute Gasteiger partial charge is 0.113 e. The van der Waals surface area contributed by atoms with Gasteiger partial charge in [0.05, 0.1) is 5.69 Å². The minimum Gasteiger partial charge on any atom is -0.311 e. The minimum absolute atomic E-state index is 0.921. The molecule has 21 heavy (non-hydrogen) atoms. The molecule has 3 nitrogen and oxygen atoms in total. The lowest BCUT2D eigenvalue weighted by Crippen LogP contribution is -2.24. The van der Waals surface area contributed by atoms with Gasteiger partial charge in [-0.25, -0.2) is 4.98 Å². The van der Waals surface area contributed by atoms with Crippen molar-refractivity contribution >= 4 is 0 Å². The van der Waals surface area contributed by atoms with Crippen LogP contribution in [-0.4, -0.2) is 16.1 Å². The molecule has 0 unspecified atom stereocenters. The Labute approximate surface area is 126 Å². The summed E-state index contributed by atoms with van der Waals surface area (Å²) in [5, 5.41) is 3.44. The van der Waals surface area contributed by atoms with E-state index in [0.717, 1.165) is 32.4 Å². The van der Waals surface area contributed by atoms with Crippen molar-refractivity contribution in [1.82, 2.24) is 14.9 Å². The van der Waals surface area contributed by atoms with Crippen molar-refractivity contribution in [3.63, 3.8) is 0 Å². The standard InChI is InChI=1S/C18H23N3/c1-2-4-18-20-16-12-19-10-9-17(16)21(18)15-8-7-13-5-3-6-14(13)11-15/h7-8,11,19H,2-6,9-10,12H2,1H3. The van der Waals surface area contributed by atoms with Gasteiger partial charge in [0.1, 0.15) is 5.82 Å². The molecule has 0 spiro atoms. The van der Waals surface area contributed by atoms with Gasteiger partial charge < -0.3 is 9.88 Å². The van der Waals surface area contributed by atoms with Crippen LogP contribution in [-0.2, 0) is 32.2 Å². The van der Waals surface area contributed by atoms with E-state index < -0.39 is 0 Å². The van der Waals surface area contributed by atoms with Gasteiger partial charge in [0.25, 0.3) is 0 Å². The van der Waals surface area contributed by atoms with Crippen LogP contribution < -0.4 is 5.32 Å². The quantitative estimate of drug-likeness (QED) is 0.937. The lowest BCUT2D eigenvalue weighted by Gasteiger charge is -2.17. The minimum atomic E-state index is 0.921. The summed E-state index contributed by atoms with van der Waals surface area (Å²) in [5.41, 5.74) is 7.10. The summed E-state index contributed by atoms with van der Waals surface area (Å²) in [5.74, 6) is 1.24. The van der Waals surface area contributed by atoms with Crippen molar-refractivity contribution in [3.8, 4) is 5.69 Å². The van der Waals surface area contributed by atoms with Gasteiger partial charge >= 0.3 is 0 Å². The first-order chi connectivity index (χ1) is 10.4. The van der Waals surface area contributed by atoms with Crippen LogP contribution in [0, 0.1) is 0 Å². The Bertz CT molecular complexity index is 669. The average molecular weight is 281 g/mol. The molecule has 2 aliphatic rings. The zero-order chi connectivity index (χ0) is 14.2. The van der Waals surface area contributed by atoms with Gasteiger partial charge in [-0.3, -0.25) is 0 Å². The van der Waals surface area contributed by atoms with Crippen molar-refractivity contribution in [2.75, 3.05) is 6.54 Å². The number of fused-ring (bicyclic) bond motifs is 2. The van der Waals surface area contributed by atoms with Crippen LogP contribution in [0.2, 0.25) is 0 Å². The van der Waals surface area contributed by atoms with Crippen LogP contribution in [0.1, 0.15) is 48.1 Å². The number of rotatable bonds is 3. The number of imidazole rings is 1. The van der Waals surface area contributed by atoms with Crippen LogP contribution in [0.4, 0.5) is 0 Å². The second-order valence-corrected chi connectivity index (χ2v) is 6.24. The topological polar surface area (TPSA) is 29.9 Å². The SMILES string of the molecule is CCCc1nc2c(n1-c1ccc3c(c1)CCC3)CCNC2. The molecule has 110 valence electrons. The van der Waals surface area contributed by atoms with Crippen LogP contribution in [0.3, 0.4) is 0 Å². The number of hydrogen-bond donors (Lipinski definition) is 1. The van der Waals surface area contributed by atoms with Crippen LogP contribution in [0.5, 0.6) is 0 Å². The summed E-state index contributed by atoms with van der Waals surface area (Å²) in [6.07, 6.45) is 7.10. The molecule has 0 saturated carbocycles. The first-order valence-electron chi connectivity index (χ1n) is 8.29. The highest BCUT2D eigenvalue weighted by atomic mass is 15.1. The van der Waals surface area contributed by atoms with Crippen LogP contribution >= 0.6 is 0 Å². The van der Waals surface area contributed by atoms with E-state index in [1.807, 2.05) is 0 Å². The summed E-state index contributed by atoms with van der Waals surface area (Å²) in [6.45, 7) is 4.22. The molecular formula is C18H23N3. The zero-order valence-electron chi connectivity index (χ0n) is 12.8. The Kier molecular flexibility index (Phi) is 3.30. The van der Waals surface area contributed by atoms with E-state index in [2.05, 4.69) is 35.0 Å². The predicted molar refractivity (Wildman–Crippen MR) is 85.0 cm³/mol. The van der Waals surface area contributed by atoms with Crippen molar-refractivity contribution in [2.45, 2.75) is 52.0 Å². The third kappa shape index (κ3) is 2.20. The van der Waals surface area contributed by atoms with E-state index in [0.29, 0.717) is 0 Å². The van der Waals surface area contributed by atoms with Gasteiger partial charge in [-0.1, -0.05) is 13.0 Å². The first-order valence-corrected chi connectivity index (χ1v) is 8.29. The number of hydrogen-bond acceptors (Lipinski definition) is 2. The van der Waals surface area contributed by atoms with Crippen LogP contribution in [0.15, 0.2) is 18.2 Å². The fraction of sp³-hybridized carbons (Fsp3) is 0.500. The molecule has 1 aromatic carbocycles. The Morgan fingerprint density at radius 3 is 3.00 bits per heavy atom. The molecule has 0 saturated heterocycles. The summed E-state index contributed by atoms with van der Waals surface area (Å²) >= 11 is 0. The number of nitrogens with zero attached hydrogens (tertiary/aromatic N) is 2. The van der Waals surface area contributed by atoms with Crippen molar-refractivity contribution < 1.29 is 0 Å². The number of aryl methyl sites for hydroxylation is 3. The van der Waals surface area contributed by atoms with Gasteiger partial charge in [-0.15, -0.1) is 0 Å². The molecule has 0 radical (unpaired) electrons. The summed E-state index contributed by atoms with van der Waals surface area (Å²) in [7, 11) is 0. The highest BCUT2D eigenvalue weighted by Crippen LogP contribution is 2.28. The Morgan fingerprint density at radius 2 is 2.10 bits per heavy atom. The van der Waals surface area contributed by atoms with Crippen molar-refractivity contribution in [2.24, 2.45) is 0 Å². The van der Waals surface area contributed by atoms with E-state index in [4.69, 9.17) is 4.98 Å². The largest absolute Gasteiger partial charge is 0.311 e. The van der Waals surface area contributed by atoms with E-state index in [1.54, 1.807) is 11.1 Å². The molecule has 0 atom stereocenters. The number of nitrogens with one attached hydrogen (secondary N) is 1. The van der Waals surface area contributed by atoms with Gasteiger partial charge in [0, 0.05) is 37.3 Å². The van der Waals surface area contributed by atoms with E-state index in [9.17, 15) is 0 Å². The molecule has 0 fully saturated rings. The Hall–Kier alpha value is -1.61. The Morgan fingerprint density at radius 1 is 1.19 bits per heavy atom. The maximum Gasteiger partial charge on any atom is 0.113 e. The summed E-state index contributed by atoms with van der Waals surface area (Å²) < 4.78 is 2.44. The van der Waals surface area contributed by atoms with Gasteiger partial charge in [-0.2, -0.15) is 0 Å². The first kappa shape index (κ1) is 13.1. The molecule has 1 aromatic heterocycles. The van der Waals surface area contributed by atoms with E-state index in [1.165, 1.54) is 42.2 Å². The van der Waals surface area contributed by atoms with Gasteiger partial charge in [-0.05, 0) is 48.9 Å². The maximum atomic E-state index is 4.91. The third-order valence-electron chi connectivity index (χ3n) is 4.77. The number of benzene rings is 1. The lowest BCUT2D eigenvalue weighted by atomic mass is 10.1. The highest BCUT2D eigenvalue weighted by Gasteiger charge is 2.21. The second kappa shape index (κ2) is 5.30. The third-order valence-corrected chi connectivity index (χ3v) is 4.77. The van der Waals surface area contributed by atoms with Crippen LogP contribution in [0.25, 0.3) is 5.69 Å². The summed E-state index contributed by atoms with van der Waals surface area (Å²) in [4.78, 5) is 4.91. The molecule has 4 rings (SSSR count). The summed E-state index contributed by atoms with van der Waals surface area (Å²) in [6, 6.07) is 7.04. The average Bonchev–Trinajstić information content (AvgIpc) is 3.10. The fourth-order valence-electron chi connectivity index (χ4n) is 3.76. The van der Waals surface area contributed by atoms with Crippen molar-refractivity contribution in [3.05, 3.63) is 46.5 Å². The van der Waals surface area contributed by atoms with Crippen molar-refractivity contribution in [1.29, 1.82) is 0 Å². The molecule has 0 amide bonds. The van der Waals surface area contributed by atoms with E-state index in [-0.39, 0.29) is 0 Å². The highest BCUT2D eigenvalue weighted by molar-refractivity contribution is 5.45. The predicted octanol–water partition coefficient (Wildman–Crippen LogP) is 2.96. The zero-order valence-corrected chi connectivity index (χ0v) is 12.8. The molecule has 1 aliphatic carbocycles. The maximum absolute atomic E-state index is 4.91.